The molecule has 0 unspecified atom stereocenters. The molecule has 0 spiro atoms. The highest BCUT2D eigenvalue weighted by Gasteiger charge is 2.14. The first-order valence-corrected chi connectivity index (χ1v) is 6.28. The summed E-state index contributed by atoms with van der Waals surface area (Å²) >= 11 is 5.97. The smallest absolute Gasteiger partial charge is 0.335 e. The zero-order valence-corrected chi connectivity index (χ0v) is 11.2. The van der Waals surface area contributed by atoms with Crippen molar-refractivity contribution in [2.45, 2.75) is 0 Å². The highest BCUT2D eigenvalue weighted by molar-refractivity contribution is 6.32. The van der Waals surface area contributed by atoms with Crippen LogP contribution in [0.25, 0.3) is 16.7 Å². The molecule has 106 valence electrons. The third kappa shape index (κ3) is 2.19. The van der Waals surface area contributed by atoms with Crippen LogP contribution in [-0.2, 0) is 0 Å². The Hall–Kier alpha value is -2.60. The molecule has 0 atom stereocenters. The highest BCUT2D eigenvalue weighted by atomic mass is 35.5. The molecule has 3 rings (SSSR count). The number of imidazole rings is 1. The molecule has 0 radical (unpaired) electrons. The Morgan fingerprint density at radius 1 is 1.24 bits per heavy atom. The lowest BCUT2D eigenvalue weighted by Gasteiger charge is -2.06. The number of aromatic carboxylic acids is 1. The van der Waals surface area contributed by atoms with Gasteiger partial charge in [-0.25, -0.2) is 14.0 Å². The van der Waals surface area contributed by atoms with E-state index in [1.54, 1.807) is 0 Å². The van der Waals surface area contributed by atoms with E-state index < -0.39 is 17.5 Å². The topological polar surface area (TPSA) is 75.1 Å². The van der Waals surface area contributed by atoms with Crippen LogP contribution < -0.4 is 5.69 Å². The van der Waals surface area contributed by atoms with E-state index in [1.165, 1.54) is 34.9 Å². The summed E-state index contributed by atoms with van der Waals surface area (Å²) in [7, 11) is 0. The second kappa shape index (κ2) is 4.75. The molecule has 0 saturated carbocycles. The van der Waals surface area contributed by atoms with Crippen LogP contribution in [0, 0.1) is 5.82 Å². The first-order chi connectivity index (χ1) is 9.97. The Labute approximate surface area is 122 Å². The lowest BCUT2D eigenvalue weighted by atomic mass is 10.2. The van der Waals surface area contributed by atoms with Gasteiger partial charge in [-0.15, -0.1) is 0 Å². The minimum absolute atomic E-state index is 0.0356. The maximum atomic E-state index is 13.1. The molecule has 0 saturated heterocycles. The highest BCUT2D eigenvalue weighted by Crippen LogP contribution is 2.24. The fraction of sp³-hybridized carbons (Fsp3) is 0. The molecule has 0 fully saturated rings. The fourth-order valence-corrected chi connectivity index (χ4v) is 2.39. The van der Waals surface area contributed by atoms with Crippen molar-refractivity contribution in [3.63, 3.8) is 0 Å². The van der Waals surface area contributed by atoms with Crippen molar-refractivity contribution in [3.8, 4) is 5.69 Å². The third-order valence-electron chi connectivity index (χ3n) is 3.08. The number of nitrogens with one attached hydrogen (secondary N) is 1. The molecule has 3 aromatic rings. The third-order valence-corrected chi connectivity index (χ3v) is 3.38. The van der Waals surface area contributed by atoms with Crippen LogP contribution in [0.2, 0.25) is 5.02 Å². The number of aromatic nitrogens is 2. The van der Waals surface area contributed by atoms with Crippen LogP contribution in [0.4, 0.5) is 4.39 Å². The molecule has 0 amide bonds. The van der Waals surface area contributed by atoms with Gasteiger partial charge in [0.15, 0.2) is 0 Å². The molecule has 1 heterocycles. The number of carbonyl (C=O) groups is 1. The second-order valence-electron chi connectivity index (χ2n) is 4.40. The van der Waals surface area contributed by atoms with Crippen molar-refractivity contribution in [1.82, 2.24) is 9.55 Å². The van der Waals surface area contributed by atoms with E-state index in [4.69, 9.17) is 16.7 Å². The Morgan fingerprint density at radius 3 is 2.67 bits per heavy atom. The largest absolute Gasteiger partial charge is 0.478 e. The van der Waals surface area contributed by atoms with E-state index in [0.29, 0.717) is 11.0 Å². The standard InChI is InChI=1S/C14H8ClFN2O3/c15-9-6-8(16)2-4-11(9)18-12-5-7(13(19)20)1-3-10(12)17-14(18)21/h1-6H,(H,17,21)(H,19,20). The minimum Gasteiger partial charge on any atom is -0.478 e. The van der Waals surface area contributed by atoms with Gasteiger partial charge in [-0.1, -0.05) is 11.6 Å². The molecule has 2 aromatic carbocycles. The normalized spacial score (nSPS) is 11.0. The van der Waals surface area contributed by atoms with Crippen molar-refractivity contribution < 1.29 is 14.3 Å². The van der Waals surface area contributed by atoms with Crippen LogP contribution in [-0.4, -0.2) is 20.6 Å². The summed E-state index contributed by atoms with van der Waals surface area (Å²) in [4.78, 5) is 25.7. The molecule has 0 aliphatic rings. The molecule has 21 heavy (non-hydrogen) atoms. The Balaban J connectivity index is 2.35. The zero-order chi connectivity index (χ0) is 15.1. The average molecular weight is 307 g/mol. The SMILES string of the molecule is O=C(O)c1ccc2[nH]c(=O)n(-c3ccc(F)cc3Cl)c2c1. The number of nitrogens with zero attached hydrogens (tertiary/aromatic N) is 1. The predicted molar refractivity (Wildman–Crippen MR) is 75.8 cm³/mol. The maximum absolute atomic E-state index is 13.1. The van der Waals surface area contributed by atoms with Crippen molar-refractivity contribution in [2.24, 2.45) is 0 Å². The lowest BCUT2D eigenvalue weighted by molar-refractivity contribution is 0.0697. The van der Waals surface area contributed by atoms with Gasteiger partial charge < -0.3 is 10.1 Å². The van der Waals surface area contributed by atoms with Gasteiger partial charge in [-0.05, 0) is 36.4 Å². The van der Waals surface area contributed by atoms with E-state index in [2.05, 4.69) is 4.98 Å². The number of fused-ring (bicyclic) bond motifs is 1. The van der Waals surface area contributed by atoms with Crippen LogP contribution in [0.5, 0.6) is 0 Å². The van der Waals surface area contributed by atoms with E-state index in [1.807, 2.05) is 0 Å². The number of carboxylic acids is 1. The van der Waals surface area contributed by atoms with Gasteiger partial charge in [-0.2, -0.15) is 0 Å². The summed E-state index contributed by atoms with van der Waals surface area (Å²) in [5.74, 6) is -1.63. The average Bonchev–Trinajstić information content (AvgIpc) is 2.74. The van der Waals surface area contributed by atoms with Crippen LogP contribution >= 0.6 is 11.6 Å². The van der Waals surface area contributed by atoms with Gasteiger partial charge in [0.1, 0.15) is 5.82 Å². The predicted octanol–water partition coefficient (Wildman–Crippen LogP) is 2.81. The van der Waals surface area contributed by atoms with Gasteiger partial charge in [0.05, 0.1) is 27.3 Å². The van der Waals surface area contributed by atoms with Crippen molar-refractivity contribution in [1.29, 1.82) is 0 Å². The summed E-state index contributed by atoms with van der Waals surface area (Å²) in [6.07, 6.45) is 0. The fourth-order valence-electron chi connectivity index (χ4n) is 2.14. The van der Waals surface area contributed by atoms with Crippen molar-refractivity contribution in [3.05, 3.63) is 63.3 Å². The summed E-state index contributed by atoms with van der Waals surface area (Å²) in [6.45, 7) is 0. The van der Waals surface area contributed by atoms with E-state index in [9.17, 15) is 14.0 Å². The monoisotopic (exact) mass is 306 g/mol. The van der Waals surface area contributed by atoms with Gasteiger partial charge in [0.2, 0.25) is 0 Å². The summed E-state index contributed by atoms with van der Waals surface area (Å²) in [6, 6.07) is 7.86. The number of benzene rings is 2. The van der Waals surface area contributed by atoms with Crippen molar-refractivity contribution in [2.75, 3.05) is 0 Å². The number of halogens is 2. The Bertz CT molecular complexity index is 930. The van der Waals surface area contributed by atoms with Gasteiger partial charge in [0, 0.05) is 0 Å². The summed E-state index contributed by atoms with van der Waals surface area (Å²) in [5.41, 5.74) is 0.644. The summed E-state index contributed by atoms with van der Waals surface area (Å²) < 4.78 is 14.3. The molecule has 5 nitrogen and oxygen atoms in total. The van der Waals surface area contributed by atoms with Gasteiger partial charge in [0.25, 0.3) is 0 Å². The number of aromatic amines is 1. The van der Waals surface area contributed by atoms with Crippen LogP contribution in [0.3, 0.4) is 0 Å². The molecule has 0 bridgehead atoms. The lowest BCUT2D eigenvalue weighted by Crippen LogP contribution is -2.15. The maximum Gasteiger partial charge on any atom is 0.335 e. The first-order valence-electron chi connectivity index (χ1n) is 5.91. The minimum atomic E-state index is -1.11. The molecule has 0 aliphatic heterocycles. The molecular formula is C14H8ClFN2O3. The quantitative estimate of drug-likeness (QED) is 0.764. The van der Waals surface area contributed by atoms with E-state index in [-0.39, 0.29) is 16.3 Å². The van der Waals surface area contributed by atoms with Crippen LogP contribution in [0.1, 0.15) is 10.4 Å². The van der Waals surface area contributed by atoms with Crippen molar-refractivity contribution >= 4 is 28.6 Å². The van der Waals surface area contributed by atoms with E-state index in [0.717, 1.165) is 6.07 Å². The molecule has 1 aromatic heterocycles. The second-order valence-corrected chi connectivity index (χ2v) is 4.81. The Kier molecular flexibility index (Phi) is 3.03. The number of hydrogen-bond acceptors (Lipinski definition) is 2. The van der Waals surface area contributed by atoms with Gasteiger partial charge in [-0.3, -0.25) is 4.57 Å². The molecule has 7 heteroatoms. The van der Waals surface area contributed by atoms with E-state index >= 15 is 0 Å². The van der Waals surface area contributed by atoms with Gasteiger partial charge >= 0.3 is 11.7 Å². The summed E-state index contributed by atoms with van der Waals surface area (Å²) in [5, 5.41) is 9.08. The molecule has 0 aliphatic carbocycles. The number of hydrogen-bond donors (Lipinski definition) is 2. The van der Waals surface area contributed by atoms with Crippen LogP contribution in [0.15, 0.2) is 41.2 Å². The molecular weight excluding hydrogens is 299 g/mol. The zero-order valence-electron chi connectivity index (χ0n) is 10.4. The molecule has 2 N–H and O–H groups in total. The number of carboxylic acid groups (broad SMARTS) is 1. The number of H-pyrrole nitrogens is 1. The first kappa shape index (κ1) is 13.4. The Morgan fingerprint density at radius 2 is 2.00 bits per heavy atom. The number of rotatable bonds is 2.